The van der Waals surface area contributed by atoms with Crippen molar-refractivity contribution in [3.05, 3.63) is 41.4 Å². The van der Waals surface area contributed by atoms with E-state index in [-0.39, 0.29) is 6.79 Å². The third-order valence-corrected chi connectivity index (χ3v) is 2.90. The van der Waals surface area contributed by atoms with Crippen molar-refractivity contribution in [2.75, 3.05) is 17.8 Å². The molecule has 2 aromatic carbocycles. The van der Waals surface area contributed by atoms with Gasteiger partial charge in [-0.3, -0.25) is 0 Å². The maximum atomic E-state index is 5.88. The van der Waals surface area contributed by atoms with Crippen molar-refractivity contribution in [2.24, 2.45) is 0 Å². The molecule has 18 heavy (non-hydrogen) atoms. The molecule has 0 saturated carbocycles. The van der Waals surface area contributed by atoms with Gasteiger partial charge >= 0.3 is 0 Å². The van der Waals surface area contributed by atoms with Gasteiger partial charge < -0.3 is 20.5 Å². The van der Waals surface area contributed by atoms with Crippen molar-refractivity contribution in [1.29, 1.82) is 0 Å². The first-order valence-electron chi connectivity index (χ1n) is 5.44. The Hall–Kier alpha value is -2.07. The van der Waals surface area contributed by atoms with Crippen LogP contribution in [-0.2, 0) is 0 Å². The molecule has 0 unspecified atom stereocenters. The first-order chi connectivity index (χ1) is 8.72. The molecule has 1 aliphatic heterocycles. The average Bonchev–Trinajstić information content (AvgIpc) is 2.80. The molecular formula is C13H11ClN2O2. The fourth-order valence-corrected chi connectivity index (χ4v) is 1.96. The van der Waals surface area contributed by atoms with Crippen molar-refractivity contribution in [2.45, 2.75) is 0 Å². The van der Waals surface area contributed by atoms with Gasteiger partial charge in [-0.25, -0.2) is 0 Å². The fourth-order valence-electron chi connectivity index (χ4n) is 1.78. The van der Waals surface area contributed by atoms with Crippen LogP contribution < -0.4 is 20.5 Å². The predicted octanol–water partition coefficient (Wildman–Crippen LogP) is 3.39. The second-order valence-corrected chi connectivity index (χ2v) is 4.36. The standard InChI is InChI=1S/C13H11ClN2O2/c14-8-1-3-11(10(15)5-8)16-9-2-4-12-13(6-9)18-7-17-12/h1-6,16H,7,15H2. The molecule has 4 nitrogen and oxygen atoms in total. The lowest BCUT2D eigenvalue weighted by Crippen LogP contribution is -1.96. The summed E-state index contributed by atoms with van der Waals surface area (Å²) in [5, 5.41) is 3.82. The number of nitrogens with one attached hydrogen (secondary N) is 1. The molecule has 0 aromatic heterocycles. The second kappa shape index (κ2) is 4.31. The number of rotatable bonds is 2. The van der Waals surface area contributed by atoms with E-state index in [4.69, 9.17) is 26.8 Å². The Morgan fingerprint density at radius 2 is 1.89 bits per heavy atom. The normalized spacial score (nSPS) is 12.5. The monoisotopic (exact) mass is 262 g/mol. The van der Waals surface area contributed by atoms with E-state index in [0.29, 0.717) is 10.7 Å². The highest BCUT2D eigenvalue weighted by Gasteiger charge is 2.13. The minimum atomic E-state index is 0.266. The van der Waals surface area contributed by atoms with Crippen LogP contribution in [-0.4, -0.2) is 6.79 Å². The predicted molar refractivity (Wildman–Crippen MR) is 71.7 cm³/mol. The van der Waals surface area contributed by atoms with Crippen LogP contribution in [0.4, 0.5) is 17.1 Å². The zero-order valence-electron chi connectivity index (χ0n) is 9.44. The van der Waals surface area contributed by atoms with E-state index < -0.39 is 0 Å². The summed E-state index contributed by atoms with van der Waals surface area (Å²) in [6, 6.07) is 11.0. The van der Waals surface area contributed by atoms with Crippen LogP contribution in [0, 0.1) is 0 Å². The van der Waals surface area contributed by atoms with Crippen molar-refractivity contribution in [1.82, 2.24) is 0 Å². The summed E-state index contributed by atoms with van der Waals surface area (Å²) >= 11 is 5.85. The van der Waals surface area contributed by atoms with E-state index in [9.17, 15) is 0 Å². The Kier molecular flexibility index (Phi) is 2.64. The minimum absolute atomic E-state index is 0.266. The Labute approximate surface area is 109 Å². The Morgan fingerprint density at radius 3 is 2.72 bits per heavy atom. The first-order valence-corrected chi connectivity index (χ1v) is 5.82. The van der Waals surface area contributed by atoms with Crippen molar-refractivity contribution >= 4 is 28.7 Å². The van der Waals surface area contributed by atoms with Gasteiger partial charge in [-0.2, -0.15) is 0 Å². The molecule has 0 bridgehead atoms. The summed E-state index contributed by atoms with van der Waals surface area (Å²) in [6.07, 6.45) is 0. The molecule has 3 N–H and O–H groups in total. The number of nitrogen functional groups attached to an aromatic ring is 1. The quantitative estimate of drug-likeness (QED) is 0.815. The van der Waals surface area contributed by atoms with Crippen LogP contribution in [0.25, 0.3) is 0 Å². The highest BCUT2D eigenvalue weighted by atomic mass is 35.5. The van der Waals surface area contributed by atoms with Gasteiger partial charge in [0.05, 0.1) is 11.4 Å². The summed E-state index contributed by atoms with van der Waals surface area (Å²) in [6.45, 7) is 0.266. The van der Waals surface area contributed by atoms with E-state index in [1.807, 2.05) is 24.3 Å². The highest BCUT2D eigenvalue weighted by Crippen LogP contribution is 2.36. The van der Waals surface area contributed by atoms with Crippen molar-refractivity contribution < 1.29 is 9.47 Å². The number of benzene rings is 2. The molecule has 0 radical (unpaired) electrons. The first kappa shape index (κ1) is 11.0. The largest absolute Gasteiger partial charge is 0.454 e. The average molecular weight is 263 g/mol. The summed E-state index contributed by atoms with van der Waals surface area (Å²) in [4.78, 5) is 0. The molecule has 1 aliphatic rings. The second-order valence-electron chi connectivity index (χ2n) is 3.92. The van der Waals surface area contributed by atoms with E-state index in [0.717, 1.165) is 22.9 Å². The Balaban J connectivity index is 1.88. The maximum Gasteiger partial charge on any atom is 0.231 e. The number of fused-ring (bicyclic) bond motifs is 1. The van der Waals surface area contributed by atoms with Crippen LogP contribution in [0.5, 0.6) is 11.5 Å². The van der Waals surface area contributed by atoms with Gasteiger partial charge in [0.15, 0.2) is 11.5 Å². The summed E-state index contributed by atoms with van der Waals surface area (Å²) < 4.78 is 10.6. The van der Waals surface area contributed by atoms with E-state index >= 15 is 0 Å². The number of hydrogen-bond acceptors (Lipinski definition) is 4. The molecule has 0 fully saturated rings. The van der Waals surface area contributed by atoms with E-state index in [2.05, 4.69) is 5.32 Å². The number of nitrogens with two attached hydrogens (primary N) is 1. The fraction of sp³-hybridized carbons (Fsp3) is 0.0769. The topological polar surface area (TPSA) is 56.5 Å². The lowest BCUT2D eigenvalue weighted by Gasteiger charge is -2.10. The molecule has 0 amide bonds. The Morgan fingerprint density at radius 1 is 1.06 bits per heavy atom. The highest BCUT2D eigenvalue weighted by molar-refractivity contribution is 6.31. The van der Waals surface area contributed by atoms with Gasteiger partial charge in [-0.1, -0.05) is 11.6 Å². The molecule has 0 spiro atoms. The summed E-state index contributed by atoms with van der Waals surface area (Å²) in [5.41, 5.74) is 8.16. The number of halogens is 1. The maximum absolute atomic E-state index is 5.88. The minimum Gasteiger partial charge on any atom is -0.454 e. The summed E-state index contributed by atoms with van der Waals surface area (Å²) in [5.74, 6) is 1.48. The van der Waals surface area contributed by atoms with Gasteiger partial charge in [0.2, 0.25) is 6.79 Å². The molecule has 92 valence electrons. The molecule has 3 rings (SSSR count). The van der Waals surface area contributed by atoms with Gasteiger partial charge in [0.25, 0.3) is 0 Å². The SMILES string of the molecule is Nc1cc(Cl)ccc1Nc1ccc2c(c1)OCO2. The molecular weight excluding hydrogens is 252 g/mol. The van der Waals surface area contributed by atoms with Crippen molar-refractivity contribution in [3.63, 3.8) is 0 Å². The molecule has 2 aromatic rings. The van der Waals surface area contributed by atoms with Gasteiger partial charge in [-0.15, -0.1) is 0 Å². The van der Waals surface area contributed by atoms with E-state index in [1.165, 1.54) is 0 Å². The number of anilines is 3. The molecule has 0 atom stereocenters. The zero-order chi connectivity index (χ0) is 12.5. The van der Waals surface area contributed by atoms with Crippen LogP contribution in [0.15, 0.2) is 36.4 Å². The lowest BCUT2D eigenvalue weighted by atomic mass is 10.2. The molecule has 0 aliphatic carbocycles. The third kappa shape index (κ3) is 2.02. The lowest BCUT2D eigenvalue weighted by molar-refractivity contribution is 0.174. The van der Waals surface area contributed by atoms with Crippen LogP contribution in [0.1, 0.15) is 0 Å². The summed E-state index contributed by atoms with van der Waals surface area (Å²) in [7, 11) is 0. The van der Waals surface area contributed by atoms with Crippen molar-refractivity contribution in [3.8, 4) is 11.5 Å². The number of hydrogen-bond donors (Lipinski definition) is 2. The molecule has 5 heteroatoms. The van der Waals surface area contributed by atoms with Crippen LogP contribution in [0.3, 0.4) is 0 Å². The zero-order valence-corrected chi connectivity index (χ0v) is 10.2. The van der Waals surface area contributed by atoms with Gasteiger partial charge in [0.1, 0.15) is 0 Å². The van der Waals surface area contributed by atoms with Crippen LogP contribution >= 0.6 is 11.6 Å². The van der Waals surface area contributed by atoms with Gasteiger partial charge in [0, 0.05) is 16.8 Å². The smallest absolute Gasteiger partial charge is 0.231 e. The van der Waals surface area contributed by atoms with Crippen LogP contribution in [0.2, 0.25) is 5.02 Å². The molecule has 1 heterocycles. The van der Waals surface area contributed by atoms with E-state index in [1.54, 1.807) is 12.1 Å². The Bertz CT molecular complexity index is 602. The number of ether oxygens (including phenoxy) is 2. The molecule has 0 saturated heterocycles. The van der Waals surface area contributed by atoms with Gasteiger partial charge in [-0.05, 0) is 30.3 Å². The third-order valence-electron chi connectivity index (χ3n) is 2.67.